The molecular formula is C15H9F5N2OS. The van der Waals surface area contributed by atoms with Crippen molar-refractivity contribution >= 4 is 28.5 Å². The maximum absolute atomic E-state index is 13.3. The largest absolute Gasteiger partial charge is 0.573 e. The zero-order valence-electron chi connectivity index (χ0n) is 11.7. The Bertz CT molecular complexity index is 861. The van der Waals surface area contributed by atoms with E-state index in [1.807, 2.05) is 0 Å². The van der Waals surface area contributed by atoms with Crippen molar-refractivity contribution in [3.63, 3.8) is 0 Å². The molecule has 0 fully saturated rings. The molecule has 0 saturated carbocycles. The molecule has 2 N–H and O–H groups in total. The van der Waals surface area contributed by atoms with Gasteiger partial charge >= 0.3 is 6.36 Å². The maximum atomic E-state index is 13.3. The van der Waals surface area contributed by atoms with Crippen molar-refractivity contribution in [1.29, 1.82) is 0 Å². The van der Waals surface area contributed by atoms with E-state index >= 15 is 0 Å². The number of rotatable bonds is 4. The number of hydrogen-bond donors (Lipinski definition) is 2. The zero-order valence-corrected chi connectivity index (χ0v) is 12.6. The van der Waals surface area contributed by atoms with E-state index in [-0.39, 0.29) is 5.75 Å². The minimum absolute atomic E-state index is 0.323. The fraction of sp³-hybridized carbons (Fsp3) is 0.0667. The van der Waals surface area contributed by atoms with Gasteiger partial charge in [-0.05, 0) is 42.3 Å². The summed E-state index contributed by atoms with van der Waals surface area (Å²) < 4.78 is 69.4. The van der Waals surface area contributed by atoms with Crippen LogP contribution in [0.2, 0.25) is 0 Å². The molecule has 126 valence electrons. The van der Waals surface area contributed by atoms with Crippen molar-refractivity contribution < 1.29 is 26.7 Å². The molecule has 0 aliphatic rings. The van der Waals surface area contributed by atoms with Crippen LogP contribution in [0.4, 0.5) is 27.6 Å². The van der Waals surface area contributed by atoms with Crippen LogP contribution >= 0.6 is 11.9 Å². The van der Waals surface area contributed by atoms with Gasteiger partial charge in [-0.15, -0.1) is 13.2 Å². The molecule has 3 nitrogen and oxygen atoms in total. The van der Waals surface area contributed by atoms with Crippen LogP contribution < -0.4 is 9.46 Å². The molecule has 24 heavy (non-hydrogen) atoms. The molecule has 0 spiro atoms. The van der Waals surface area contributed by atoms with Crippen molar-refractivity contribution in [3.8, 4) is 5.75 Å². The quantitative estimate of drug-likeness (QED) is 0.479. The van der Waals surface area contributed by atoms with E-state index in [4.69, 9.17) is 0 Å². The van der Waals surface area contributed by atoms with Gasteiger partial charge in [-0.25, -0.2) is 8.78 Å². The van der Waals surface area contributed by atoms with Crippen molar-refractivity contribution in [3.05, 3.63) is 54.2 Å². The summed E-state index contributed by atoms with van der Waals surface area (Å²) in [6.07, 6.45) is -3.20. The standard InChI is InChI=1S/C15H9F5N2OS/c16-11-5-10-13(6-12(11)17)21-7-14(10)22-24-9-3-1-8(2-4-9)23-15(18,19)20/h1-7,21-22H. The Balaban J connectivity index is 1.71. The van der Waals surface area contributed by atoms with Gasteiger partial charge in [0.25, 0.3) is 0 Å². The second-order valence-corrected chi connectivity index (χ2v) is 5.62. The van der Waals surface area contributed by atoms with E-state index in [0.29, 0.717) is 21.5 Å². The van der Waals surface area contributed by atoms with Gasteiger partial charge in [0.05, 0.1) is 11.2 Å². The second-order valence-electron chi connectivity index (χ2n) is 4.74. The monoisotopic (exact) mass is 360 g/mol. The van der Waals surface area contributed by atoms with Gasteiger partial charge in [-0.3, -0.25) is 0 Å². The third-order valence-corrected chi connectivity index (χ3v) is 3.89. The van der Waals surface area contributed by atoms with Crippen LogP contribution in [0.5, 0.6) is 5.75 Å². The lowest BCUT2D eigenvalue weighted by Crippen LogP contribution is -2.16. The van der Waals surface area contributed by atoms with E-state index < -0.39 is 18.0 Å². The van der Waals surface area contributed by atoms with Gasteiger partial charge in [0.2, 0.25) is 0 Å². The van der Waals surface area contributed by atoms with Gasteiger partial charge < -0.3 is 14.4 Å². The number of anilines is 1. The Labute approximate surface area is 136 Å². The molecular weight excluding hydrogens is 351 g/mol. The normalized spacial score (nSPS) is 11.7. The van der Waals surface area contributed by atoms with Gasteiger partial charge in [-0.1, -0.05) is 0 Å². The zero-order chi connectivity index (χ0) is 17.3. The van der Waals surface area contributed by atoms with Crippen LogP contribution in [0.25, 0.3) is 10.9 Å². The third-order valence-electron chi connectivity index (χ3n) is 3.06. The molecule has 0 atom stereocenters. The number of ether oxygens (including phenoxy) is 1. The summed E-state index contributed by atoms with van der Waals surface area (Å²) in [5.74, 6) is -2.25. The first-order chi connectivity index (χ1) is 11.3. The van der Waals surface area contributed by atoms with Crippen LogP contribution in [0, 0.1) is 11.6 Å². The van der Waals surface area contributed by atoms with Gasteiger partial charge in [-0.2, -0.15) is 0 Å². The smallest absolute Gasteiger partial charge is 0.406 e. The predicted molar refractivity (Wildman–Crippen MR) is 80.8 cm³/mol. The molecule has 0 amide bonds. The summed E-state index contributed by atoms with van der Waals surface area (Å²) in [4.78, 5) is 3.41. The lowest BCUT2D eigenvalue weighted by atomic mass is 10.2. The summed E-state index contributed by atoms with van der Waals surface area (Å²) in [6.45, 7) is 0. The van der Waals surface area contributed by atoms with Gasteiger partial charge in [0, 0.05) is 22.5 Å². The number of hydrogen-bond acceptors (Lipinski definition) is 3. The molecule has 3 aromatic rings. The SMILES string of the molecule is Fc1cc2[nH]cc(NSc3ccc(OC(F)(F)F)cc3)c2cc1F. The highest BCUT2D eigenvalue weighted by Crippen LogP contribution is 2.31. The lowest BCUT2D eigenvalue weighted by molar-refractivity contribution is -0.274. The molecule has 0 aliphatic carbocycles. The van der Waals surface area contributed by atoms with Crippen molar-refractivity contribution in [1.82, 2.24) is 4.98 Å². The average Bonchev–Trinajstić information content (AvgIpc) is 2.88. The summed E-state index contributed by atoms with van der Waals surface area (Å²) in [7, 11) is 0. The summed E-state index contributed by atoms with van der Waals surface area (Å²) >= 11 is 1.11. The van der Waals surface area contributed by atoms with Gasteiger partial charge in [0.15, 0.2) is 11.6 Å². The van der Waals surface area contributed by atoms with Crippen LogP contribution in [0.3, 0.4) is 0 Å². The van der Waals surface area contributed by atoms with E-state index in [0.717, 1.165) is 24.1 Å². The van der Waals surface area contributed by atoms with Crippen molar-refractivity contribution in [2.24, 2.45) is 0 Å². The first kappa shape index (κ1) is 16.4. The molecule has 3 rings (SSSR count). The number of fused-ring (bicyclic) bond motifs is 1. The average molecular weight is 360 g/mol. The highest BCUT2D eigenvalue weighted by molar-refractivity contribution is 8.00. The first-order valence-corrected chi connectivity index (χ1v) is 7.38. The van der Waals surface area contributed by atoms with Crippen LogP contribution in [0.15, 0.2) is 47.5 Å². The highest BCUT2D eigenvalue weighted by Gasteiger charge is 2.30. The topological polar surface area (TPSA) is 37.0 Å². The van der Waals surface area contributed by atoms with Crippen LogP contribution in [-0.4, -0.2) is 11.3 Å². The minimum atomic E-state index is -4.74. The Hall–Kier alpha value is -2.42. The van der Waals surface area contributed by atoms with Gasteiger partial charge in [0.1, 0.15) is 5.75 Å². The van der Waals surface area contributed by atoms with E-state index in [9.17, 15) is 22.0 Å². The van der Waals surface area contributed by atoms with E-state index in [2.05, 4.69) is 14.4 Å². The van der Waals surface area contributed by atoms with Crippen molar-refractivity contribution in [2.45, 2.75) is 11.3 Å². The number of alkyl halides is 3. The number of nitrogens with one attached hydrogen (secondary N) is 2. The molecule has 0 aliphatic heterocycles. The Morgan fingerprint density at radius 3 is 2.33 bits per heavy atom. The van der Waals surface area contributed by atoms with Crippen molar-refractivity contribution in [2.75, 3.05) is 4.72 Å². The van der Waals surface area contributed by atoms with Crippen LogP contribution in [-0.2, 0) is 0 Å². The van der Waals surface area contributed by atoms with E-state index in [1.54, 1.807) is 0 Å². The Morgan fingerprint density at radius 1 is 1.00 bits per heavy atom. The maximum Gasteiger partial charge on any atom is 0.573 e. The van der Waals surface area contributed by atoms with E-state index in [1.165, 1.54) is 30.5 Å². The number of H-pyrrole nitrogens is 1. The fourth-order valence-electron chi connectivity index (χ4n) is 2.02. The first-order valence-electron chi connectivity index (χ1n) is 6.56. The number of aromatic amines is 1. The summed E-state index contributed by atoms with van der Waals surface area (Å²) in [5, 5.41) is 0.457. The summed E-state index contributed by atoms with van der Waals surface area (Å²) in [5.41, 5.74) is 0.940. The second kappa shape index (κ2) is 6.23. The number of halogens is 5. The summed E-state index contributed by atoms with van der Waals surface area (Å²) in [6, 6.07) is 7.35. The molecule has 0 bridgehead atoms. The highest BCUT2D eigenvalue weighted by atomic mass is 32.2. The molecule has 0 saturated heterocycles. The Morgan fingerprint density at radius 2 is 1.67 bits per heavy atom. The number of benzene rings is 2. The molecule has 2 aromatic carbocycles. The number of aromatic nitrogens is 1. The lowest BCUT2D eigenvalue weighted by Gasteiger charge is -2.09. The molecule has 0 radical (unpaired) electrons. The fourth-order valence-corrected chi connectivity index (χ4v) is 2.69. The van der Waals surface area contributed by atoms with Crippen LogP contribution in [0.1, 0.15) is 0 Å². The Kier molecular flexibility index (Phi) is 4.27. The minimum Gasteiger partial charge on any atom is -0.406 e. The molecule has 1 aromatic heterocycles. The molecule has 9 heteroatoms. The molecule has 0 unspecified atom stereocenters. The molecule has 1 heterocycles. The third kappa shape index (κ3) is 3.73. The predicted octanol–water partition coefficient (Wildman–Crippen LogP) is 5.46.